The van der Waals surface area contributed by atoms with Crippen LogP contribution in [0.3, 0.4) is 0 Å². The number of allylic oxidation sites excluding steroid dienone is 1. The number of nitrogens with two attached hydrogens (primary N) is 1. The highest BCUT2D eigenvalue weighted by atomic mass is 32.1. The van der Waals surface area contributed by atoms with E-state index in [0.29, 0.717) is 47.7 Å². The average molecular weight is 558 g/mol. The number of esters is 1. The second-order valence-corrected chi connectivity index (χ2v) is 9.73. The normalized spacial score (nSPS) is 12.6. The molecule has 0 saturated heterocycles. The van der Waals surface area contributed by atoms with E-state index in [1.54, 1.807) is 21.6 Å². The van der Waals surface area contributed by atoms with E-state index in [1.807, 2.05) is 32.9 Å². The number of guanidine groups is 1. The van der Waals surface area contributed by atoms with E-state index in [-0.39, 0.29) is 23.4 Å². The van der Waals surface area contributed by atoms with Gasteiger partial charge in [0.1, 0.15) is 22.4 Å². The first-order chi connectivity index (χ1) is 18.6. The first-order valence-electron chi connectivity index (χ1n) is 12.5. The van der Waals surface area contributed by atoms with Gasteiger partial charge in [0, 0.05) is 19.6 Å². The van der Waals surface area contributed by atoms with Crippen molar-refractivity contribution in [1.82, 2.24) is 19.4 Å². The maximum absolute atomic E-state index is 13.3. The van der Waals surface area contributed by atoms with Crippen LogP contribution in [0.5, 0.6) is 5.75 Å². The Balaban J connectivity index is 2.01. The monoisotopic (exact) mass is 557 g/mol. The van der Waals surface area contributed by atoms with Crippen LogP contribution in [0.4, 0.5) is 5.95 Å². The fourth-order valence-corrected chi connectivity index (χ4v) is 4.88. The van der Waals surface area contributed by atoms with Crippen LogP contribution in [-0.2, 0) is 17.7 Å². The standard InChI is InChI=1S/C26H35N7O5S/c1-7-18-22(39-16(4)29-18)23(35)31-26-30-19-13-17(24(36)38-6)14-20(37-5)21(19)33(26)12-10-9-11-32(8-2)25(27)28-15(3)34/h9-10,13-15,34H,7-8,11-12H2,1-6H3,(H2,27,28)(H,30,31,35)/b10-9+. The number of hydrogen-bond acceptors (Lipinski definition) is 9. The van der Waals surface area contributed by atoms with Crippen LogP contribution in [0.15, 0.2) is 29.3 Å². The zero-order valence-electron chi connectivity index (χ0n) is 23.0. The van der Waals surface area contributed by atoms with Crippen LogP contribution < -0.4 is 15.8 Å². The fourth-order valence-electron chi connectivity index (χ4n) is 3.98. The Bertz CT molecular complexity index is 1390. The summed E-state index contributed by atoms with van der Waals surface area (Å²) in [5.41, 5.74) is 8.04. The highest BCUT2D eigenvalue weighted by molar-refractivity contribution is 7.13. The summed E-state index contributed by atoms with van der Waals surface area (Å²) in [6.07, 6.45) is 3.53. The summed E-state index contributed by atoms with van der Waals surface area (Å²) in [5.74, 6) is 0.0847. The molecule has 0 bridgehead atoms. The van der Waals surface area contributed by atoms with Crippen LogP contribution >= 0.6 is 11.3 Å². The van der Waals surface area contributed by atoms with Gasteiger partial charge in [-0.05, 0) is 39.3 Å². The third-order valence-electron chi connectivity index (χ3n) is 5.82. The van der Waals surface area contributed by atoms with Crippen LogP contribution in [0.25, 0.3) is 11.0 Å². The maximum atomic E-state index is 13.3. The molecule has 0 aliphatic carbocycles. The molecule has 3 aromatic rings. The third-order valence-corrected chi connectivity index (χ3v) is 6.84. The van der Waals surface area contributed by atoms with Crippen molar-refractivity contribution in [2.24, 2.45) is 10.7 Å². The van der Waals surface area contributed by atoms with E-state index < -0.39 is 12.2 Å². The summed E-state index contributed by atoms with van der Waals surface area (Å²) in [6, 6.07) is 3.18. The van der Waals surface area contributed by atoms with Crippen LogP contribution in [0, 0.1) is 6.92 Å². The van der Waals surface area contributed by atoms with Gasteiger partial charge >= 0.3 is 5.97 Å². The lowest BCUT2D eigenvalue weighted by atomic mass is 10.2. The highest BCUT2D eigenvalue weighted by Gasteiger charge is 2.22. The number of aryl methyl sites for hydroxylation is 2. The van der Waals surface area contributed by atoms with Crippen molar-refractivity contribution in [3.63, 3.8) is 0 Å². The van der Waals surface area contributed by atoms with Gasteiger partial charge in [-0.15, -0.1) is 11.3 Å². The molecule has 0 saturated carbocycles. The molecule has 1 unspecified atom stereocenters. The van der Waals surface area contributed by atoms with Crippen molar-refractivity contribution < 1.29 is 24.2 Å². The van der Waals surface area contributed by atoms with Gasteiger partial charge in [0.05, 0.1) is 36.0 Å². The Hall–Kier alpha value is -3.97. The molecule has 39 heavy (non-hydrogen) atoms. The number of thiazole rings is 1. The number of nitrogens with zero attached hydrogens (tertiary/aromatic N) is 5. The van der Waals surface area contributed by atoms with Crippen molar-refractivity contribution >= 4 is 46.2 Å². The molecule has 3 rings (SSSR count). The van der Waals surface area contributed by atoms with Crippen LogP contribution in [0.1, 0.15) is 51.5 Å². The van der Waals surface area contributed by atoms with Gasteiger partial charge in [0.25, 0.3) is 5.91 Å². The number of rotatable bonds is 11. The van der Waals surface area contributed by atoms with Crippen molar-refractivity contribution in [3.8, 4) is 5.75 Å². The molecule has 0 spiro atoms. The molecule has 2 aromatic heterocycles. The number of anilines is 1. The molecule has 4 N–H and O–H groups in total. The number of hydrogen-bond donors (Lipinski definition) is 3. The van der Waals surface area contributed by atoms with E-state index in [0.717, 1.165) is 10.7 Å². The number of aliphatic hydroxyl groups is 1. The minimum atomic E-state index is -0.899. The van der Waals surface area contributed by atoms with Crippen LogP contribution in [-0.4, -0.2) is 75.9 Å². The van der Waals surface area contributed by atoms with Gasteiger partial charge in [-0.3, -0.25) is 10.1 Å². The van der Waals surface area contributed by atoms with Gasteiger partial charge in [0.2, 0.25) is 5.95 Å². The lowest BCUT2D eigenvalue weighted by Gasteiger charge is -2.20. The zero-order chi connectivity index (χ0) is 28.7. The quantitative estimate of drug-likeness (QED) is 0.140. The molecular formula is C26H35N7O5S. The first kappa shape index (κ1) is 29.6. The number of carbonyl (C=O) groups is 2. The van der Waals surface area contributed by atoms with Gasteiger partial charge in [0.15, 0.2) is 5.96 Å². The lowest BCUT2D eigenvalue weighted by molar-refractivity contribution is 0.0600. The summed E-state index contributed by atoms with van der Waals surface area (Å²) in [5, 5.41) is 13.2. The van der Waals surface area contributed by atoms with Crippen LogP contribution in [0.2, 0.25) is 0 Å². The third kappa shape index (κ3) is 6.92. The van der Waals surface area contributed by atoms with Crippen molar-refractivity contribution in [1.29, 1.82) is 0 Å². The van der Waals surface area contributed by atoms with E-state index in [4.69, 9.17) is 15.2 Å². The molecule has 1 aromatic carbocycles. The Morgan fingerprint density at radius 3 is 2.64 bits per heavy atom. The molecule has 0 aliphatic heterocycles. The van der Waals surface area contributed by atoms with Gasteiger partial charge < -0.3 is 29.8 Å². The number of aliphatic imine (C=N–C) groups is 1. The van der Waals surface area contributed by atoms with Gasteiger partial charge in [-0.25, -0.2) is 19.8 Å². The Morgan fingerprint density at radius 2 is 2.03 bits per heavy atom. The molecule has 12 nitrogen and oxygen atoms in total. The minimum absolute atomic E-state index is 0.238. The molecule has 0 fully saturated rings. The van der Waals surface area contributed by atoms with Gasteiger partial charge in [-0.1, -0.05) is 19.1 Å². The summed E-state index contributed by atoms with van der Waals surface area (Å²) in [6.45, 7) is 8.65. The summed E-state index contributed by atoms with van der Waals surface area (Å²) in [7, 11) is 2.80. The largest absolute Gasteiger partial charge is 0.494 e. The predicted octanol–water partition coefficient (Wildman–Crippen LogP) is 2.94. The Kier molecular flexibility index (Phi) is 10.0. The summed E-state index contributed by atoms with van der Waals surface area (Å²) in [4.78, 5) is 40.9. The number of likely N-dealkylation sites (N-methyl/N-ethyl adjacent to an activating group) is 1. The number of ether oxygens (including phenoxy) is 2. The molecule has 210 valence electrons. The number of amides is 1. The number of fused-ring (bicyclic) bond motifs is 1. The fraction of sp³-hybridized carbons (Fsp3) is 0.423. The highest BCUT2D eigenvalue weighted by Crippen LogP contribution is 2.31. The van der Waals surface area contributed by atoms with E-state index >= 15 is 0 Å². The predicted molar refractivity (Wildman–Crippen MR) is 151 cm³/mol. The van der Waals surface area contributed by atoms with E-state index in [2.05, 4.69) is 20.3 Å². The molecule has 2 heterocycles. The maximum Gasteiger partial charge on any atom is 0.338 e. The minimum Gasteiger partial charge on any atom is -0.494 e. The zero-order valence-corrected chi connectivity index (χ0v) is 23.8. The summed E-state index contributed by atoms with van der Waals surface area (Å²) < 4.78 is 12.3. The number of benzene rings is 1. The molecule has 0 radical (unpaired) electrons. The SMILES string of the molecule is CCc1nc(C)sc1C(=O)Nc1nc2cc(C(=O)OC)cc(OC)c2n1C/C=C/CN(CC)C(N)=NC(C)O. The smallest absolute Gasteiger partial charge is 0.338 e. The second-order valence-electron chi connectivity index (χ2n) is 8.53. The number of nitrogens with one attached hydrogen (secondary N) is 1. The topological polar surface area (TPSA) is 157 Å². The number of aliphatic hydroxyl groups excluding tert-OH is 1. The average Bonchev–Trinajstić information content (AvgIpc) is 3.46. The number of imidazole rings is 1. The van der Waals surface area contributed by atoms with Crippen molar-refractivity contribution in [2.45, 2.75) is 46.9 Å². The van der Waals surface area contributed by atoms with Crippen molar-refractivity contribution in [2.75, 3.05) is 32.6 Å². The number of methoxy groups -OCH3 is 2. The Labute approximate surface area is 231 Å². The second kappa shape index (κ2) is 13.2. The number of aromatic nitrogens is 3. The van der Waals surface area contributed by atoms with E-state index in [1.165, 1.54) is 32.5 Å². The summed E-state index contributed by atoms with van der Waals surface area (Å²) >= 11 is 1.32. The molecular weight excluding hydrogens is 522 g/mol. The molecule has 1 atom stereocenters. The van der Waals surface area contributed by atoms with Crippen molar-refractivity contribution in [3.05, 3.63) is 45.4 Å². The molecule has 1 amide bonds. The molecule has 0 aliphatic rings. The van der Waals surface area contributed by atoms with Gasteiger partial charge in [-0.2, -0.15) is 0 Å². The molecule has 13 heteroatoms. The Morgan fingerprint density at radius 1 is 1.28 bits per heavy atom. The number of carbonyl (C=O) groups excluding carboxylic acids is 2. The van der Waals surface area contributed by atoms with E-state index in [9.17, 15) is 14.7 Å². The lowest BCUT2D eigenvalue weighted by Crippen LogP contribution is -2.38. The first-order valence-corrected chi connectivity index (χ1v) is 13.3.